The average Bonchev–Trinajstić information content (AvgIpc) is 2.44. The molecular weight excluding hydrogens is 258 g/mol. The molecule has 0 aliphatic rings. The minimum atomic E-state index is -0.765. The van der Waals surface area contributed by atoms with Crippen molar-refractivity contribution in [3.63, 3.8) is 0 Å². The maximum absolute atomic E-state index is 11.9. The van der Waals surface area contributed by atoms with Crippen LogP contribution in [-0.4, -0.2) is 27.1 Å². The number of rotatable bonds is 4. The van der Waals surface area contributed by atoms with Crippen LogP contribution in [0.15, 0.2) is 42.7 Å². The first-order chi connectivity index (χ1) is 9.56. The monoisotopic (exact) mass is 273 g/mol. The van der Waals surface area contributed by atoms with Gasteiger partial charge in [0, 0.05) is 6.20 Å². The van der Waals surface area contributed by atoms with Crippen molar-refractivity contribution < 1.29 is 15.0 Å². The second-order valence-corrected chi connectivity index (χ2v) is 4.36. The summed E-state index contributed by atoms with van der Waals surface area (Å²) in [6, 6.07) is 7.00. The van der Waals surface area contributed by atoms with E-state index in [1.807, 2.05) is 0 Å². The van der Waals surface area contributed by atoms with Gasteiger partial charge in [0.2, 0.25) is 5.91 Å². The first-order valence-corrected chi connectivity index (χ1v) is 6.03. The number of phenols is 2. The highest BCUT2D eigenvalue weighted by Crippen LogP contribution is 2.25. The van der Waals surface area contributed by atoms with Crippen LogP contribution in [0.3, 0.4) is 0 Å². The van der Waals surface area contributed by atoms with Crippen LogP contribution < -0.4 is 11.1 Å². The van der Waals surface area contributed by atoms with Crippen molar-refractivity contribution in [3.8, 4) is 11.5 Å². The summed E-state index contributed by atoms with van der Waals surface area (Å²) in [5.41, 5.74) is 7.04. The summed E-state index contributed by atoms with van der Waals surface area (Å²) in [6.07, 6.45) is 3.38. The van der Waals surface area contributed by atoms with E-state index in [1.165, 1.54) is 18.3 Å². The summed E-state index contributed by atoms with van der Waals surface area (Å²) in [6.45, 7) is 0. The predicted octanol–water partition coefficient (Wildman–Crippen LogP) is 1.00. The molecule has 6 nitrogen and oxygen atoms in total. The first kappa shape index (κ1) is 13.8. The Morgan fingerprint density at radius 3 is 2.75 bits per heavy atom. The molecule has 2 rings (SSSR count). The number of carbonyl (C=O) groups is 1. The summed E-state index contributed by atoms with van der Waals surface area (Å²) in [7, 11) is 0. The van der Waals surface area contributed by atoms with Crippen LogP contribution in [0, 0.1) is 0 Å². The minimum Gasteiger partial charge on any atom is -0.504 e. The second-order valence-electron chi connectivity index (χ2n) is 4.36. The molecule has 0 saturated heterocycles. The Hall–Kier alpha value is -2.60. The molecule has 1 amide bonds. The topological polar surface area (TPSA) is 108 Å². The molecule has 0 radical (unpaired) electrons. The molecule has 1 heterocycles. The Morgan fingerprint density at radius 1 is 1.30 bits per heavy atom. The van der Waals surface area contributed by atoms with E-state index in [0.29, 0.717) is 11.3 Å². The van der Waals surface area contributed by atoms with Crippen molar-refractivity contribution in [2.75, 3.05) is 5.32 Å². The number of nitrogens with two attached hydrogens (primary N) is 1. The number of aromatic hydroxyl groups is 2. The largest absolute Gasteiger partial charge is 0.504 e. The van der Waals surface area contributed by atoms with Gasteiger partial charge in [0.25, 0.3) is 0 Å². The Kier molecular flexibility index (Phi) is 4.17. The van der Waals surface area contributed by atoms with Crippen LogP contribution in [-0.2, 0) is 11.2 Å². The molecule has 1 atom stereocenters. The number of hydrogen-bond acceptors (Lipinski definition) is 5. The van der Waals surface area contributed by atoms with E-state index >= 15 is 0 Å². The zero-order valence-corrected chi connectivity index (χ0v) is 10.7. The fourth-order valence-corrected chi connectivity index (χ4v) is 1.71. The summed E-state index contributed by atoms with van der Waals surface area (Å²) >= 11 is 0. The molecule has 5 N–H and O–H groups in total. The lowest BCUT2D eigenvalue weighted by Crippen LogP contribution is -2.37. The molecule has 0 saturated carbocycles. The number of nitrogens with zero attached hydrogens (tertiary/aromatic N) is 1. The molecule has 0 unspecified atom stereocenters. The Balaban J connectivity index is 1.98. The molecular formula is C14H15N3O3. The van der Waals surface area contributed by atoms with E-state index < -0.39 is 6.04 Å². The SMILES string of the molecule is N[C@@H](Cc1ccc(O)c(O)c1)C(=O)Nc1cccnc1. The van der Waals surface area contributed by atoms with Gasteiger partial charge in [0.1, 0.15) is 0 Å². The van der Waals surface area contributed by atoms with Crippen molar-refractivity contribution in [2.45, 2.75) is 12.5 Å². The average molecular weight is 273 g/mol. The standard InChI is InChI=1S/C14H15N3O3/c15-11(6-9-3-4-12(18)13(19)7-9)14(20)17-10-2-1-5-16-8-10/h1-5,7-8,11,18-19H,6,15H2,(H,17,20)/t11-/m0/s1. The lowest BCUT2D eigenvalue weighted by atomic mass is 10.1. The number of pyridine rings is 1. The summed E-state index contributed by atoms with van der Waals surface area (Å²) in [5.74, 6) is -0.782. The third kappa shape index (κ3) is 3.46. The number of hydrogen-bond donors (Lipinski definition) is 4. The van der Waals surface area contributed by atoms with Crippen molar-refractivity contribution in [1.82, 2.24) is 4.98 Å². The van der Waals surface area contributed by atoms with E-state index in [-0.39, 0.29) is 23.8 Å². The zero-order chi connectivity index (χ0) is 14.5. The van der Waals surface area contributed by atoms with Gasteiger partial charge in [0.15, 0.2) is 11.5 Å². The number of benzene rings is 1. The molecule has 1 aromatic carbocycles. The quantitative estimate of drug-likeness (QED) is 0.621. The van der Waals surface area contributed by atoms with Gasteiger partial charge in [-0.1, -0.05) is 6.07 Å². The maximum Gasteiger partial charge on any atom is 0.241 e. The van der Waals surface area contributed by atoms with Crippen molar-refractivity contribution in [2.24, 2.45) is 5.73 Å². The number of anilines is 1. The molecule has 2 aromatic rings. The molecule has 0 bridgehead atoms. The van der Waals surface area contributed by atoms with Crippen molar-refractivity contribution in [1.29, 1.82) is 0 Å². The molecule has 104 valence electrons. The smallest absolute Gasteiger partial charge is 0.241 e. The Morgan fingerprint density at radius 2 is 2.10 bits per heavy atom. The van der Waals surface area contributed by atoms with Crippen LogP contribution >= 0.6 is 0 Å². The van der Waals surface area contributed by atoms with Crippen LogP contribution in [0.5, 0.6) is 11.5 Å². The van der Waals surface area contributed by atoms with Gasteiger partial charge in [-0.3, -0.25) is 9.78 Å². The third-order valence-electron chi connectivity index (χ3n) is 2.76. The lowest BCUT2D eigenvalue weighted by molar-refractivity contribution is -0.117. The van der Waals surface area contributed by atoms with Crippen molar-refractivity contribution >= 4 is 11.6 Å². The molecule has 20 heavy (non-hydrogen) atoms. The van der Waals surface area contributed by atoms with Crippen molar-refractivity contribution in [3.05, 3.63) is 48.3 Å². The number of nitrogens with one attached hydrogen (secondary N) is 1. The van der Waals surface area contributed by atoms with Gasteiger partial charge in [-0.2, -0.15) is 0 Å². The fraction of sp³-hybridized carbons (Fsp3) is 0.143. The van der Waals surface area contributed by atoms with E-state index in [2.05, 4.69) is 10.3 Å². The first-order valence-electron chi connectivity index (χ1n) is 6.03. The highest BCUT2D eigenvalue weighted by atomic mass is 16.3. The Bertz CT molecular complexity index is 602. The summed E-state index contributed by atoms with van der Waals surface area (Å²) in [4.78, 5) is 15.8. The minimum absolute atomic E-state index is 0.206. The van der Waals surface area contributed by atoms with Gasteiger partial charge in [0.05, 0.1) is 17.9 Å². The normalized spacial score (nSPS) is 11.8. The maximum atomic E-state index is 11.9. The number of amides is 1. The van der Waals surface area contributed by atoms with Crippen LogP contribution in [0.25, 0.3) is 0 Å². The fourth-order valence-electron chi connectivity index (χ4n) is 1.71. The van der Waals surface area contributed by atoms with Gasteiger partial charge >= 0.3 is 0 Å². The molecule has 0 fully saturated rings. The van der Waals surface area contributed by atoms with E-state index in [4.69, 9.17) is 5.73 Å². The molecule has 0 spiro atoms. The third-order valence-corrected chi connectivity index (χ3v) is 2.76. The number of carbonyl (C=O) groups excluding carboxylic acids is 1. The van der Waals surface area contributed by atoms with Crippen LogP contribution in [0.1, 0.15) is 5.56 Å². The Labute approximate surface area is 115 Å². The number of phenolic OH excluding ortho intramolecular Hbond substituents is 2. The molecule has 0 aliphatic carbocycles. The van der Waals surface area contributed by atoms with Gasteiger partial charge in [-0.15, -0.1) is 0 Å². The molecule has 1 aromatic heterocycles. The predicted molar refractivity (Wildman–Crippen MR) is 74.3 cm³/mol. The second kappa shape index (κ2) is 6.03. The summed E-state index contributed by atoms with van der Waals surface area (Å²) in [5, 5.41) is 21.3. The number of aromatic nitrogens is 1. The zero-order valence-electron chi connectivity index (χ0n) is 10.7. The lowest BCUT2D eigenvalue weighted by Gasteiger charge is -2.12. The highest BCUT2D eigenvalue weighted by Gasteiger charge is 2.15. The van der Waals surface area contributed by atoms with E-state index in [9.17, 15) is 15.0 Å². The van der Waals surface area contributed by atoms with E-state index in [1.54, 1.807) is 24.4 Å². The van der Waals surface area contributed by atoms with Crippen LogP contribution in [0.2, 0.25) is 0 Å². The van der Waals surface area contributed by atoms with E-state index in [0.717, 1.165) is 0 Å². The van der Waals surface area contributed by atoms with Gasteiger partial charge in [-0.05, 0) is 36.2 Å². The highest BCUT2D eigenvalue weighted by molar-refractivity contribution is 5.94. The summed E-state index contributed by atoms with van der Waals surface area (Å²) < 4.78 is 0. The van der Waals surface area contributed by atoms with Gasteiger partial charge in [-0.25, -0.2) is 0 Å². The van der Waals surface area contributed by atoms with Gasteiger partial charge < -0.3 is 21.3 Å². The van der Waals surface area contributed by atoms with Crippen LogP contribution in [0.4, 0.5) is 5.69 Å². The molecule has 0 aliphatic heterocycles. The molecule has 6 heteroatoms.